The van der Waals surface area contributed by atoms with Gasteiger partial charge in [-0.3, -0.25) is 24.6 Å². The zero-order valence-corrected chi connectivity index (χ0v) is 30.3. The standard InChI is InChI=1S/C42H48N4O8/c47-29-30-10-12-32(13-11-30)39-26-37(28-44-22-24-45(25-23-44)35-18-20-36(21-19-35)46(51)52)53-42(54-39)33-16-14-31(15-17-33)38-7-5-4-6-34(38)27-43-40(48)8-2-1-3-9-41(49)50/h4-7,10-21,37,39,42,47H,1-3,8-9,22-29H2,(H,43,48)(H,49,50)/t37-,39+,42+/m1/s1. The molecule has 4 aromatic rings. The number of aliphatic hydroxyl groups excluding tert-OH is 1. The fourth-order valence-electron chi connectivity index (χ4n) is 7.09. The van der Waals surface area contributed by atoms with Crippen LogP contribution in [0.25, 0.3) is 11.1 Å². The van der Waals surface area contributed by atoms with Gasteiger partial charge in [0.1, 0.15) is 0 Å². The van der Waals surface area contributed by atoms with E-state index >= 15 is 0 Å². The van der Waals surface area contributed by atoms with Crippen molar-refractivity contribution >= 4 is 23.3 Å². The number of aliphatic carboxylic acids is 1. The molecule has 0 aliphatic carbocycles. The van der Waals surface area contributed by atoms with Crippen LogP contribution in [0, 0.1) is 10.1 Å². The Labute approximate surface area is 315 Å². The maximum absolute atomic E-state index is 12.5. The summed E-state index contributed by atoms with van der Waals surface area (Å²) in [7, 11) is 0. The van der Waals surface area contributed by atoms with Gasteiger partial charge in [0.15, 0.2) is 6.29 Å². The molecule has 0 aromatic heterocycles. The Balaban J connectivity index is 1.10. The number of carboxylic acid groups (broad SMARTS) is 1. The highest BCUT2D eigenvalue weighted by Gasteiger charge is 2.34. The number of aliphatic hydroxyl groups is 1. The van der Waals surface area contributed by atoms with Gasteiger partial charge in [-0.1, -0.05) is 79.2 Å². The summed E-state index contributed by atoms with van der Waals surface area (Å²) in [5, 5.41) is 32.5. The van der Waals surface area contributed by atoms with E-state index in [2.05, 4.69) is 27.2 Å². The van der Waals surface area contributed by atoms with E-state index in [1.807, 2.05) is 72.8 Å². The van der Waals surface area contributed by atoms with Gasteiger partial charge in [0.25, 0.3) is 5.69 Å². The summed E-state index contributed by atoms with van der Waals surface area (Å²) in [5.74, 6) is -0.865. The van der Waals surface area contributed by atoms with Crippen molar-refractivity contribution in [2.45, 2.75) is 70.2 Å². The molecule has 2 aliphatic rings. The Morgan fingerprint density at radius 2 is 1.50 bits per heavy atom. The monoisotopic (exact) mass is 736 g/mol. The number of carbonyl (C=O) groups excluding carboxylic acids is 1. The highest BCUT2D eigenvalue weighted by molar-refractivity contribution is 5.76. The molecule has 0 saturated carbocycles. The first kappa shape index (κ1) is 38.6. The second-order valence-electron chi connectivity index (χ2n) is 13.9. The Bertz CT molecular complexity index is 1840. The average molecular weight is 737 g/mol. The molecule has 1 amide bonds. The van der Waals surface area contributed by atoms with Crippen molar-refractivity contribution in [1.29, 1.82) is 0 Å². The van der Waals surface area contributed by atoms with Gasteiger partial charge >= 0.3 is 5.97 Å². The number of hydrogen-bond donors (Lipinski definition) is 3. The third-order valence-corrected chi connectivity index (χ3v) is 10.2. The number of carbonyl (C=O) groups is 2. The molecule has 2 fully saturated rings. The van der Waals surface area contributed by atoms with Gasteiger partial charge in [-0.05, 0) is 52.8 Å². The van der Waals surface area contributed by atoms with Crippen LogP contribution in [-0.2, 0) is 32.2 Å². The molecule has 0 unspecified atom stereocenters. The predicted octanol–water partition coefficient (Wildman–Crippen LogP) is 6.77. The molecular formula is C42H48N4O8. The summed E-state index contributed by atoms with van der Waals surface area (Å²) in [6.07, 6.45) is 2.21. The number of nitro benzene ring substituents is 1. The van der Waals surface area contributed by atoms with Gasteiger partial charge in [0.05, 0.1) is 23.7 Å². The van der Waals surface area contributed by atoms with Crippen LogP contribution in [0.15, 0.2) is 97.1 Å². The normalized spacial score (nSPS) is 19.0. The van der Waals surface area contributed by atoms with Crippen molar-refractivity contribution < 1.29 is 34.2 Å². The molecule has 0 radical (unpaired) electrons. The van der Waals surface area contributed by atoms with E-state index in [1.165, 1.54) is 0 Å². The lowest BCUT2D eigenvalue weighted by atomic mass is 9.97. The van der Waals surface area contributed by atoms with Crippen LogP contribution in [0.5, 0.6) is 0 Å². The Kier molecular flexibility index (Phi) is 13.4. The highest BCUT2D eigenvalue weighted by Crippen LogP contribution is 2.39. The van der Waals surface area contributed by atoms with Gasteiger partial charge in [0, 0.05) is 81.9 Å². The molecule has 12 heteroatoms. The average Bonchev–Trinajstić information content (AvgIpc) is 3.20. The summed E-state index contributed by atoms with van der Waals surface area (Å²) in [5.41, 5.74) is 6.85. The maximum Gasteiger partial charge on any atom is 0.303 e. The zero-order chi connectivity index (χ0) is 37.9. The van der Waals surface area contributed by atoms with E-state index in [1.54, 1.807) is 12.1 Å². The van der Waals surface area contributed by atoms with Crippen LogP contribution in [0.4, 0.5) is 11.4 Å². The second-order valence-corrected chi connectivity index (χ2v) is 13.9. The molecule has 0 bridgehead atoms. The quantitative estimate of drug-likeness (QED) is 0.0638. The smallest absolute Gasteiger partial charge is 0.303 e. The lowest BCUT2D eigenvalue weighted by Gasteiger charge is -2.41. The zero-order valence-electron chi connectivity index (χ0n) is 30.3. The third-order valence-electron chi connectivity index (χ3n) is 10.2. The molecule has 2 aliphatic heterocycles. The third kappa shape index (κ3) is 10.5. The largest absolute Gasteiger partial charge is 0.481 e. The van der Waals surface area contributed by atoms with Gasteiger partial charge in [0.2, 0.25) is 5.91 Å². The molecular weight excluding hydrogens is 688 g/mol. The van der Waals surface area contributed by atoms with Gasteiger partial charge in [-0.2, -0.15) is 0 Å². The molecule has 4 aromatic carbocycles. The summed E-state index contributed by atoms with van der Waals surface area (Å²) in [6.45, 7) is 4.37. The van der Waals surface area contributed by atoms with Crippen molar-refractivity contribution in [3.8, 4) is 11.1 Å². The summed E-state index contributed by atoms with van der Waals surface area (Å²) in [4.78, 5) is 38.6. The minimum absolute atomic E-state index is 0.0238. The number of hydrogen-bond acceptors (Lipinski definition) is 9. The molecule has 3 N–H and O–H groups in total. The van der Waals surface area contributed by atoms with Crippen LogP contribution < -0.4 is 10.2 Å². The number of nitrogens with one attached hydrogen (secondary N) is 1. The first-order chi connectivity index (χ1) is 26.2. The SMILES string of the molecule is O=C(O)CCCCCC(=O)NCc1ccccc1-c1ccc([C@H]2O[C@@H](CN3CCN(c4ccc([N+](=O)[O-])cc4)CC3)C[C@@H](c3ccc(CO)cc3)O2)cc1. The predicted molar refractivity (Wildman–Crippen MR) is 205 cm³/mol. The summed E-state index contributed by atoms with van der Waals surface area (Å²) in [6, 6.07) is 30.7. The molecule has 2 heterocycles. The molecule has 284 valence electrons. The van der Waals surface area contributed by atoms with Crippen molar-refractivity contribution in [3.05, 3.63) is 129 Å². The van der Waals surface area contributed by atoms with Crippen LogP contribution in [0.1, 0.15) is 73.2 Å². The first-order valence-corrected chi connectivity index (χ1v) is 18.6. The minimum atomic E-state index is -0.813. The molecule has 6 rings (SSSR count). The van der Waals surface area contributed by atoms with Crippen molar-refractivity contribution in [3.63, 3.8) is 0 Å². The number of amides is 1. The second kappa shape index (κ2) is 18.8. The Hall–Kier alpha value is -5.14. The van der Waals surface area contributed by atoms with Crippen LogP contribution in [0.2, 0.25) is 0 Å². The number of carboxylic acids is 1. The summed E-state index contributed by atoms with van der Waals surface area (Å²) < 4.78 is 13.3. The topological polar surface area (TPSA) is 155 Å². The number of piperazine rings is 1. The van der Waals surface area contributed by atoms with Crippen molar-refractivity contribution in [2.24, 2.45) is 0 Å². The minimum Gasteiger partial charge on any atom is -0.481 e. The number of anilines is 1. The van der Waals surface area contributed by atoms with E-state index in [4.69, 9.17) is 14.6 Å². The number of nitro groups is 1. The lowest BCUT2D eigenvalue weighted by Crippen LogP contribution is -2.49. The fourth-order valence-corrected chi connectivity index (χ4v) is 7.09. The van der Waals surface area contributed by atoms with E-state index in [0.29, 0.717) is 38.6 Å². The van der Waals surface area contributed by atoms with E-state index in [-0.39, 0.29) is 41.8 Å². The number of unbranched alkanes of at least 4 members (excludes halogenated alkanes) is 2. The van der Waals surface area contributed by atoms with Gasteiger partial charge in [-0.25, -0.2) is 0 Å². The Morgan fingerprint density at radius 1 is 0.815 bits per heavy atom. The molecule has 0 spiro atoms. The van der Waals surface area contributed by atoms with Crippen LogP contribution in [-0.4, -0.2) is 70.7 Å². The molecule has 3 atom stereocenters. The molecule has 12 nitrogen and oxygen atoms in total. The molecule has 54 heavy (non-hydrogen) atoms. The van der Waals surface area contributed by atoms with Crippen molar-refractivity contribution in [2.75, 3.05) is 37.6 Å². The number of nitrogens with zero attached hydrogens (tertiary/aromatic N) is 3. The van der Waals surface area contributed by atoms with Gasteiger partial charge < -0.3 is 29.9 Å². The number of rotatable bonds is 16. The number of non-ortho nitro benzene ring substituents is 1. The van der Waals surface area contributed by atoms with E-state index in [9.17, 15) is 24.8 Å². The fraction of sp³-hybridized carbons (Fsp3) is 0.381. The Morgan fingerprint density at radius 3 is 2.19 bits per heavy atom. The highest BCUT2D eigenvalue weighted by atomic mass is 16.7. The van der Waals surface area contributed by atoms with E-state index < -0.39 is 12.3 Å². The van der Waals surface area contributed by atoms with Crippen molar-refractivity contribution in [1.82, 2.24) is 10.2 Å². The van der Waals surface area contributed by atoms with Gasteiger partial charge in [-0.15, -0.1) is 0 Å². The molecule has 2 saturated heterocycles. The van der Waals surface area contributed by atoms with Crippen LogP contribution in [0.3, 0.4) is 0 Å². The van der Waals surface area contributed by atoms with E-state index in [0.717, 1.165) is 71.8 Å². The summed E-state index contributed by atoms with van der Waals surface area (Å²) >= 11 is 0. The number of benzene rings is 4. The lowest BCUT2D eigenvalue weighted by molar-refractivity contribution is -0.384. The number of ether oxygens (including phenoxy) is 2. The first-order valence-electron chi connectivity index (χ1n) is 18.6. The maximum atomic E-state index is 12.5. The van der Waals surface area contributed by atoms with Crippen LogP contribution >= 0.6 is 0 Å².